The Labute approximate surface area is 146 Å². The Morgan fingerprint density at radius 2 is 2.10 bits per heavy atom. The summed E-state index contributed by atoms with van der Waals surface area (Å²) in [6.07, 6.45) is 1.52. The summed E-state index contributed by atoms with van der Waals surface area (Å²) >= 11 is 14.2. The average molecular weight is 439 g/mol. The van der Waals surface area contributed by atoms with Gasteiger partial charge in [-0.2, -0.15) is 0 Å². The molecule has 8 heteroatoms. The lowest BCUT2D eigenvalue weighted by Gasteiger charge is -2.12. The van der Waals surface area contributed by atoms with Gasteiger partial charge < -0.3 is 10.1 Å². The van der Waals surface area contributed by atoms with Crippen LogP contribution in [0.4, 0.5) is 5.82 Å². The number of methoxy groups -OCH3 is 1. The van der Waals surface area contributed by atoms with Gasteiger partial charge >= 0.3 is 0 Å². The molecule has 0 fully saturated rings. The molecule has 0 atom stereocenters. The van der Waals surface area contributed by atoms with Crippen molar-refractivity contribution in [2.24, 2.45) is 0 Å². The van der Waals surface area contributed by atoms with Crippen molar-refractivity contribution in [1.29, 1.82) is 0 Å². The molecule has 0 unspecified atom stereocenters. The fourth-order valence-corrected chi connectivity index (χ4v) is 2.75. The Morgan fingerprint density at radius 3 is 2.71 bits per heavy atom. The molecule has 5 nitrogen and oxygen atoms in total. The molecule has 2 aromatic rings. The van der Waals surface area contributed by atoms with E-state index in [1.807, 2.05) is 6.92 Å². The highest BCUT2D eigenvalue weighted by Gasteiger charge is 2.16. The van der Waals surface area contributed by atoms with Crippen molar-refractivity contribution in [1.82, 2.24) is 15.0 Å². The van der Waals surface area contributed by atoms with E-state index < -0.39 is 0 Å². The van der Waals surface area contributed by atoms with E-state index in [0.29, 0.717) is 28.2 Å². The van der Waals surface area contributed by atoms with Gasteiger partial charge in [-0.05, 0) is 35.6 Å². The number of ether oxygens (including phenoxy) is 1. The van der Waals surface area contributed by atoms with Crippen LogP contribution in [0.2, 0.25) is 10.0 Å². The molecule has 0 amide bonds. The third kappa shape index (κ3) is 3.94. The van der Waals surface area contributed by atoms with E-state index >= 15 is 0 Å². The topological polar surface area (TPSA) is 59.9 Å². The first-order chi connectivity index (χ1) is 10.1. The first-order valence-electron chi connectivity index (χ1n) is 6.17. The lowest BCUT2D eigenvalue weighted by molar-refractivity contribution is 0.181. The van der Waals surface area contributed by atoms with Crippen molar-refractivity contribution in [2.45, 2.75) is 13.5 Å². The van der Waals surface area contributed by atoms with Crippen molar-refractivity contribution in [2.75, 3.05) is 19.0 Å². The molecule has 0 radical (unpaired) electrons. The van der Waals surface area contributed by atoms with Crippen LogP contribution in [-0.2, 0) is 11.3 Å². The largest absolute Gasteiger partial charge is 0.378 e. The van der Waals surface area contributed by atoms with Gasteiger partial charge in [-0.25, -0.2) is 15.0 Å². The van der Waals surface area contributed by atoms with Gasteiger partial charge in [-0.1, -0.05) is 23.2 Å². The minimum absolute atomic E-state index is 0.386. The molecule has 0 aliphatic rings. The number of anilines is 1. The molecule has 1 N–H and O–H groups in total. The van der Waals surface area contributed by atoms with Crippen LogP contribution in [-0.4, -0.2) is 28.6 Å². The summed E-state index contributed by atoms with van der Waals surface area (Å²) in [7, 11) is 1.62. The van der Waals surface area contributed by atoms with Crippen molar-refractivity contribution >= 4 is 51.6 Å². The van der Waals surface area contributed by atoms with Gasteiger partial charge in [-0.3, -0.25) is 0 Å². The van der Waals surface area contributed by atoms with Gasteiger partial charge in [0.25, 0.3) is 0 Å². The SMILES string of the molecule is CCNc1nc(-c2ncc(Cl)cc2Cl)nc(COC)c1I. The standard InChI is InChI=1S/C13H13Cl2IN4O/c1-3-17-12-10(16)9(6-21-2)19-13(20-12)11-8(15)4-7(14)5-18-11/h4-5H,3,6H2,1-2H3,(H,17,19,20). The smallest absolute Gasteiger partial charge is 0.182 e. The molecule has 0 aliphatic carbocycles. The summed E-state index contributed by atoms with van der Waals surface area (Å²) in [5.41, 5.74) is 1.28. The second kappa shape index (κ2) is 7.53. The molecule has 2 heterocycles. The highest BCUT2D eigenvalue weighted by Crippen LogP contribution is 2.29. The monoisotopic (exact) mass is 438 g/mol. The first-order valence-corrected chi connectivity index (χ1v) is 8.01. The highest BCUT2D eigenvalue weighted by atomic mass is 127. The van der Waals surface area contributed by atoms with E-state index in [0.717, 1.165) is 21.6 Å². The number of pyridine rings is 1. The third-order valence-electron chi connectivity index (χ3n) is 2.56. The fraction of sp³-hybridized carbons (Fsp3) is 0.308. The molecule has 0 spiro atoms. The number of halogens is 3. The molecular formula is C13H13Cl2IN4O. The van der Waals surface area contributed by atoms with Crippen molar-refractivity contribution in [3.8, 4) is 11.5 Å². The van der Waals surface area contributed by atoms with Gasteiger partial charge in [0.05, 0.1) is 25.9 Å². The van der Waals surface area contributed by atoms with Gasteiger partial charge in [-0.15, -0.1) is 0 Å². The second-order valence-electron chi connectivity index (χ2n) is 4.10. The zero-order valence-electron chi connectivity index (χ0n) is 11.5. The second-order valence-corrected chi connectivity index (χ2v) is 6.03. The number of hydrogen-bond acceptors (Lipinski definition) is 5. The number of aromatic nitrogens is 3. The summed E-state index contributed by atoms with van der Waals surface area (Å²) in [6.45, 7) is 3.14. The molecule has 0 saturated carbocycles. The molecule has 2 aromatic heterocycles. The highest BCUT2D eigenvalue weighted by molar-refractivity contribution is 14.1. The summed E-state index contributed by atoms with van der Waals surface area (Å²) in [4.78, 5) is 13.2. The normalized spacial score (nSPS) is 10.7. The summed E-state index contributed by atoms with van der Waals surface area (Å²) in [6, 6.07) is 1.62. The van der Waals surface area contributed by atoms with Gasteiger partial charge in [0.1, 0.15) is 11.5 Å². The van der Waals surface area contributed by atoms with Crippen LogP contribution in [0, 0.1) is 3.57 Å². The molecule has 0 aromatic carbocycles. The van der Waals surface area contributed by atoms with E-state index in [2.05, 4.69) is 42.9 Å². The lowest BCUT2D eigenvalue weighted by Crippen LogP contribution is -2.09. The zero-order valence-corrected chi connectivity index (χ0v) is 15.1. The lowest BCUT2D eigenvalue weighted by atomic mass is 10.3. The molecule has 21 heavy (non-hydrogen) atoms. The Morgan fingerprint density at radius 1 is 1.33 bits per heavy atom. The van der Waals surface area contributed by atoms with Crippen molar-refractivity contribution in [3.63, 3.8) is 0 Å². The molecule has 0 saturated heterocycles. The maximum absolute atomic E-state index is 6.18. The fourth-order valence-electron chi connectivity index (χ4n) is 1.70. The molecule has 0 aliphatic heterocycles. The number of nitrogens with one attached hydrogen (secondary N) is 1. The maximum Gasteiger partial charge on any atom is 0.182 e. The van der Waals surface area contributed by atoms with Crippen LogP contribution in [0.5, 0.6) is 0 Å². The predicted molar refractivity (Wildman–Crippen MR) is 92.9 cm³/mol. The van der Waals surface area contributed by atoms with Gasteiger partial charge in [0.2, 0.25) is 0 Å². The Kier molecular flexibility index (Phi) is 5.98. The van der Waals surface area contributed by atoms with Crippen LogP contribution in [0.25, 0.3) is 11.5 Å². The van der Waals surface area contributed by atoms with Gasteiger partial charge in [0, 0.05) is 19.9 Å². The molecule has 112 valence electrons. The maximum atomic E-state index is 6.18. The van der Waals surface area contributed by atoms with Crippen LogP contribution < -0.4 is 5.32 Å². The minimum atomic E-state index is 0.386. The van der Waals surface area contributed by atoms with E-state index in [9.17, 15) is 0 Å². The quantitative estimate of drug-likeness (QED) is 0.714. The Balaban J connectivity index is 2.56. The third-order valence-corrected chi connectivity index (χ3v) is 4.19. The van der Waals surface area contributed by atoms with Crippen molar-refractivity contribution < 1.29 is 4.74 Å². The van der Waals surface area contributed by atoms with E-state index in [-0.39, 0.29) is 0 Å². The Hall–Kier alpha value is -0.700. The van der Waals surface area contributed by atoms with Crippen LogP contribution >= 0.6 is 45.8 Å². The van der Waals surface area contributed by atoms with E-state index in [1.54, 1.807) is 13.2 Å². The molecule has 2 rings (SSSR count). The van der Waals surface area contributed by atoms with Crippen LogP contribution in [0.1, 0.15) is 12.6 Å². The summed E-state index contributed by atoms with van der Waals surface area (Å²) < 4.78 is 6.11. The van der Waals surface area contributed by atoms with Crippen LogP contribution in [0.3, 0.4) is 0 Å². The predicted octanol–water partition coefficient (Wildman–Crippen LogP) is 4.03. The minimum Gasteiger partial charge on any atom is -0.378 e. The van der Waals surface area contributed by atoms with Crippen molar-refractivity contribution in [3.05, 3.63) is 31.6 Å². The molecular weight excluding hydrogens is 426 g/mol. The van der Waals surface area contributed by atoms with E-state index in [1.165, 1.54) is 6.20 Å². The number of rotatable bonds is 5. The number of nitrogens with zero attached hydrogens (tertiary/aromatic N) is 3. The first kappa shape index (κ1) is 16.7. The number of hydrogen-bond donors (Lipinski definition) is 1. The summed E-state index contributed by atoms with van der Waals surface area (Å²) in [5, 5.41) is 4.09. The van der Waals surface area contributed by atoms with Gasteiger partial charge in [0.15, 0.2) is 5.82 Å². The average Bonchev–Trinajstić information content (AvgIpc) is 2.43. The zero-order chi connectivity index (χ0) is 15.4. The van der Waals surface area contributed by atoms with E-state index in [4.69, 9.17) is 27.9 Å². The molecule has 0 bridgehead atoms. The van der Waals surface area contributed by atoms with Crippen LogP contribution in [0.15, 0.2) is 12.3 Å². The Bertz CT molecular complexity index is 627. The summed E-state index contributed by atoms with van der Waals surface area (Å²) in [5.74, 6) is 1.18.